The van der Waals surface area contributed by atoms with Gasteiger partial charge in [0.15, 0.2) is 0 Å². The third-order valence-corrected chi connectivity index (χ3v) is 1.21. The summed E-state index contributed by atoms with van der Waals surface area (Å²) >= 11 is 0. The van der Waals surface area contributed by atoms with Gasteiger partial charge in [0.25, 0.3) is 0 Å². The van der Waals surface area contributed by atoms with Crippen LogP contribution < -0.4 is 0 Å². The van der Waals surface area contributed by atoms with E-state index in [4.69, 9.17) is 0 Å². The van der Waals surface area contributed by atoms with Crippen molar-refractivity contribution in [2.45, 2.75) is 26.7 Å². The first-order valence-electron chi connectivity index (χ1n) is 4.01. The molecule has 0 aromatic carbocycles. The number of hydrogen-bond acceptors (Lipinski definition) is 3. The fourth-order valence-electron chi connectivity index (χ4n) is 0.606. The van der Waals surface area contributed by atoms with Gasteiger partial charge in [0, 0.05) is 6.92 Å². The summed E-state index contributed by atoms with van der Waals surface area (Å²) in [6.07, 6.45) is 5.56. The number of rotatable bonds is 5. The summed E-state index contributed by atoms with van der Waals surface area (Å²) < 4.78 is 4.61. The molecule has 0 N–H and O–H groups in total. The molecule has 0 unspecified atom stereocenters. The average Bonchev–Trinajstić information content (AvgIpc) is 2.03. The van der Waals surface area contributed by atoms with Gasteiger partial charge in [-0.25, -0.2) is 4.79 Å². The Kier molecular flexibility index (Phi) is 5.97. The van der Waals surface area contributed by atoms with Crippen molar-refractivity contribution >= 4 is 11.8 Å². The van der Waals surface area contributed by atoms with Crippen molar-refractivity contribution in [3.8, 4) is 0 Å². The van der Waals surface area contributed by atoms with Gasteiger partial charge in [-0.05, 0) is 12.8 Å². The molecule has 0 aliphatic heterocycles. The molecule has 0 amide bonds. The highest BCUT2D eigenvalue weighted by Gasteiger charge is 2.06. The molecule has 0 saturated heterocycles. The van der Waals surface area contributed by atoms with E-state index in [1.165, 1.54) is 6.92 Å². The number of ketones is 1. The van der Waals surface area contributed by atoms with Crippen molar-refractivity contribution < 1.29 is 14.3 Å². The third kappa shape index (κ3) is 5.65. The van der Waals surface area contributed by atoms with Crippen molar-refractivity contribution in [2.24, 2.45) is 0 Å². The Bertz CT molecular complexity index is 182. The molecule has 0 bridgehead atoms. The summed E-state index contributed by atoms with van der Waals surface area (Å²) in [7, 11) is 0. The van der Waals surface area contributed by atoms with Gasteiger partial charge in [-0.15, -0.1) is 0 Å². The lowest BCUT2D eigenvalue weighted by molar-refractivity contribution is -0.152. The summed E-state index contributed by atoms with van der Waals surface area (Å²) in [6.45, 7) is 3.51. The molecule has 0 heterocycles. The van der Waals surface area contributed by atoms with Crippen molar-refractivity contribution in [1.82, 2.24) is 0 Å². The number of allylic oxidation sites excluding steroid dienone is 1. The van der Waals surface area contributed by atoms with Gasteiger partial charge in [-0.3, -0.25) is 4.79 Å². The maximum absolute atomic E-state index is 10.6. The van der Waals surface area contributed by atoms with Crippen molar-refractivity contribution in [3.05, 3.63) is 12.2 Å². The Labute approximate surface area is 72.4 Å². The molecular formula is C9H14O3. The van der Waals surface area contributed by atoms with Gasteiger partial charge in [0.05, 0.1) is 6.61 Å². The Balaban J connectivity index is 3.38. The zero-order chi connectivity index (χ0) is 9.40. The van der Waals surface area contributed by atoms with E-state index in [0.717, 1.165) is 6.42 Å². The molecule has 0 aromatic rings. The summed E-state index contributed by atoms with van der Waals surface area (Å²) in [5.41, 5.74) is 0. The first-order valence-corrected chi connectivity index (χ1v) is 4.01. The van der Waals surface area contributed by atoms with Crippen LogP contribution in [0.2, 0.25) is 0 Å². The van der Waals surface area contributed by atoms with Gasteiger partial charge in [0.1, 0.15) is 0 Å². The SMILES string of the molecule is CC/C=C\CCOC(=O)C(C)=O. The Morgan fingerprint density at radius 2 is 2.00 bits per heavy atom. The second-order valence-corrected chi connectivity index (χ2v) is 2.36. The lowest BCUT2D eigenvalue weighted by Crippen LogP contribution is -2.13. The highest BCUT2D eigenvalue weighted by molar-refractivity contribution is 6.32. The predicted octanol–water partition coefficient (Wildman–Crippen LogP) is 1.47. The highest BCUT2D eigenvalue weighted by Crippen LogP contribution is 1.89. The molecule has 0 aromatic heterocycles. The zero-order valence-corrected chi connectivity index (χ0v) is 7.50. The first-order chi connectivity index (χ1) is 5.68. The minimum atomic E-state index is -0.750. The van der Waals surface area contributed by atoms with Crippen molar-refractivity contribution in [1.29, 1.82) is 0 Å². The average molecular weight is 170 g/mol. The van der Waals surface area contributed by atoms with Crippen LogP contribution in [0.3, 0.4) is 0 Å². The van der Waals surface area contributed by atoms with E-state index < -0.39 is 11.8 Å². The minimum absolute atomic E-state index is 0.287. The molecular weight excluding hydrogens is 156 g/mol. The van der Waals surface area contributed by atoms with E-state index in [0.29, 0.717) is 6.42 Å². The first kappa shape index (κ1) is 10.9. The molecule has 0 fully saturated rings. The molecule has 0 aliphatic carbocycles. The monoisotopic (exact) mass is 170 g/mol. The van der Waals surface area contributed by atoms with Crippen LogP contribution >= 0.6 is 0 Å². The Morgan fingerprint density at radius 3 is 2.50 bits per heavy atom. The summed E-state index contributed by atoms with van der Waals surface area (Å²) in [5.74, 6) is -1.30. The lowest BCUT2D eigenvalue weighted by Gasteiger charge is -1.97. The normalized spacial score (nSPS) is 10.2. The second-order valence-electron chi connectivity index (χ2n) is 2.36. The van der Waals surface area contributed by atoms with Crippen LogP contribution in [-0.4, -0.2) is 18.4 Å². The maximum Gasteiger partial charge on any atom is 0.374 e. The summed E-state index contributed by atoms with van der Waals surface area (Å²) in [4.78, 5) is 21.0. The van der Waals surface area contributed by atoms with E-state index in [9.17, 15) is 9.59 Å². The number of ether oxygens (including phenoxy) is 1. The van der Waals surface area contributed by atoms with Crippen LogP contribution in [0.25, 0.3) is 0 Å². The number of Topliss-reactive ketones (excluding diaryl/α,β-unsaturated/α-hetero) is 1. The quantitative estimate of drug-likeness (QED) is 0.271. The van der Waals surface area contributed by atoms with Crippen LogP contribution in [0.1, 0.15) is 26.7 Å². The molecule has 12 heavy (non-hydrogen) atoms. The van der Waals surface area contributed by atoms with Gasteiger partial charge < -0.3 is 4.74 Å². The highest BCUT2D eigenvalue weighted by atomic mass is 16.5. The Morgan fingerprint density at radius 1 is 1.33 bits per heavy atom. The van der Waals surface area contributed by atoms with E-state index >= 15 is 0 Å². The molecule has 0 radical (unpaired) electrons. The van der Waals surface area contributed by atoms with Gasteiger partial charge in [0.2, 0.25) is 5.78 Å². The van der Waals surface area contributed by atoms with Gasteiger partial charge in [-0.1, -0.05) is 19.1 Å². The van der Waals surface area contributed by atoms with E-state index in [1.54, 1.807) is 0 Å². The smallest absolute Gasteiger partial charge is 0.374 e. The fraction of sp³-hybridized carbons (Fsp3) is 0.556. The number of hydrogen-bond donors (Lipinski definition) is 0. The molecule has 0 atom stereocenters. The van der Waals surface area contributed by atoms with E-state index in [-0.39, 0.29) is 6.61 Å². The molecule has 0 spiro atoms. The van der Waals surface area contributed by atoms with Crippen LogP contribution in [0.4, 0.5) is 0 Å². The minimum Gasteiger partial charge on any atom is -0.460 e. The fourth-order valence-corrected chi connectivity index (χ4v) is 0.606. The number of esters is 1. The molecule has 0 aliphatic rings. The van der Waals surface area contributed by atoms with Crippen molar-refractivity contribution in [2.75, 3.05) is 6.61 Å². The van der Waals surface area contributed by atoms with Crippen LogP contribution in [0, 0.1) is 0 Å². The van der Waals surface area contributed by atoms with Gasteiger partial charge in [-0.2, -0.15) is 0 Å². The zero-order valence-electron chi connectivity index (χ0n) is 7.50. The summed E-state index contributed by atoms with van der Waals surface area (Å²) in [5, 5.41) is 0. The molecule has 0 rings (SSSR count). The maximum atomic E-state index is 10.6. The van der Waals surface area contributed by atoms with E-state index in [1.807, 2.05) is 19.1 Å². The van der Waals surface area contributed by atoms with Crippen LogP contribution in [0.15, 0.2) is 12.2 Å². The molecule has 3 nitrogen and oxygen atoms in total. The van der Waals surface area contributed by atoms with Crippen molar-refractivity contribution in [3.63, 3.8) is 0 Å². The largest absolute Gasteiger partial charge is 0.460 e. The van der Waals surface area contributed by atoms with Gasteiger partial charge >= 0.3 is 5.97 Å². The standard InChI is InChI=1S/C9H14O3/c1-3-4-5-6-7-12-9(11)8(2)10/h4-5H,3,6-7H2,1-2H3/b5-4-. The predicted molar refractivity (Wildman–Crippen MR) is 45.7 cm³/mol. The third-order valence-electron chi connectivity index (χ3n) is 1.21. The second kappa shape index (κ2) is 6.58. The molecule has 68 valence electrons. The molecule has 0 saturated carbocycles. The summed E-state index contributed by atoms with van der Waals surface area (Å²) in [6, 6.07) is 0. The number of carbonyl (C=O) groups excluding carboxylic acids is 2. The topological polar surface area (TPSA) is 43.4 Å². The van der Waals surface area contributed by atoms with Crippen LogP contribution in [-0.2, 0) is 14.3 Å². The lowest BCUT2D eigenvalue weighted by atomic mass is 10.3. The molecule has 3 heteroatoms. The van der Waals surface area contributed by atoms with Crippen LogP contribution in [0.5, 0.6) is 0 Å². The van der Waals surface area contributed by atoms with E-state index in [2.05, 4.69) is 4.74 Å². The Hall–Kier alpha value is -1.12. The number of carbonyl (C=O) groups is 2.